The fourth-order valence-corrected chi connectivity index (χ4v) is 2.12. The second-order valence-corrected chi connectivity index (χ2v) is 6.13. The van der Waals surface area contributed by atoms with Gasteiger partial charge in [-0.25, -0.2) is 0 Å². The first-order valence-electron chi connectivity index (χ1n) is 7.60. The Morgan fingerprint density at radius 3 is 2.42 bits per heavy atom. The summed E-state index contributed by atoms with van der Waals surface area (Å²) in [6.07, 6.45) is -4.33. The summed E-state index contributed by atoms with van der Waals surface area (Å²) in [7, 11) is 1.68. The van der Waals surface area contributed by atoms with Gasteiger partial charge < -0.3 is 20.1 Å². The van der Waals surface area contributed by atoms with E-state index in [1.807, 2.05) is 0 Å². The highest BCUT2D eigenvalue weighted by molar-refractivity contribution is 5.79. The Balaban J connectivity index is 1.76. The number of nitrogens with one attached hydrogen (secondary N) is 2. The Morgan fingerprint density at radius 1 is 1.25 bits per heavy atom. The fourth-order valence-electron chi connectivity index (χ4n) is 2.12. The third kappa shape index (κ3) is 5.92. The zero-order valence-electron chi connectivity index (χ0n) is 13.7. The minimum Gasteiger partial charge on any atom is -0.484 e. The fraction of sp³-hybridized carbons (Fsp3) is 0.562. The molecule has 0 aromatic heterocycles. The number of ether oxygens (including phenoxy) is 2. The lowest BCUT2D eigenvalue weighted by Crippen LogP contribution is -2.50. The minimum atomic E-state index is -4.33. The third-order valence-corrected chi connectivity index (χ3v) is 3.59. The Kier molecular flexibility index (Phi) is 5.93. The standard InChI is InChI=1S/C16H22F3N3O2/c1-15(9-23-10-15)8-22-14(20-2)21-7-12-3-5-13(6-4-12)24-11-16(17,18)19/h3-6H,7-11H2,1-2H3,(H2,20,21,22). The predicted molar refractivity (Wildman–Crippen MR) is 85.1 cm³/mol. The summed E-state index contributed by atoms with van der Waals surface area (Å²) < 4.78 is 46.2. The van der Waals surface area contributed by atoms with Gasteiger partial charge in [-0.15, -0.1) is 0 Å². The van der Waals surface area contributed by atoms with Crippen molar-refractivity contribution in [2.24, 2.45) is 10.4 Å². The van der Waals surface area contributed by atoms with E-state index in [9.17, 15) is 13.2 Å². The highest BCUT2D eigenvalue weighted by Gasteiger charge is 2.33. The topological polar surface area (TPSA) is 54.9 Å². The molecule has 1 aliphatic rings. The molecule has 1 saturated heterocycles. The highest BCUT2D eigenvalue weighted by Crippen LogP contribution is 2.25. The Morgan fingerprint density at radius 2 is 1.92 bits per heavy atom. The number of benzene rings is 1. The number of nitrogens with zero attached hydrogens (tertiary/aromatic N) is 1. The van der Waals surface area contributed by atoms with Crippen molar-refractivity contribution < 1.29 is 22.6 Å². The van der Waals surface area contributed by atoms with Crippen molar-refractivity contribution in [3.63, 3.8) is 0 Å². The van der Waals surface area contributed by atoms with Crippen LogP contribution in [0.3, 0.4) is 0 Å². The minimum absolute atomic E-state index is 0.134. The van der Waals surface area contributed by atoms with Gasteiger partial charge in [0.05, 0.1) is 13.2 Å². The number of guanidine groups is 1. The van der Waals surface area contributed by atoms with E-state index in [0.717, 1.165) is 25.3 Å². The van der Waals surface area contributed by atoms with Crippen LogP contribution in [0.5, 0.6) is 5.75 Å². The second-order valence-electron chi connectivity index (χ2n) is 6.13. The summed E-state index contributed by atoms with van der Waals surface area (Å²) in [4.78, 5) is 4.14. The number of hydrogen-bond donors (Lipinski definition) is 2. The zero-order valence-corrected chi connectivity index (χ0v) is 13.7. The maximum atomic E-state index is 12.1. The highest BCUT2D eigenvalue weighted by atomic mass is 19.4. The molecule has 0 saturated carbocycles. The van der Waals surface area contributed by atoms with E-state index in [1.54, 1.807) is 19.2 Å². The SMILES string of the molecule is CN=C(NCc1ccc(OCC(F)(F)F)cc1)NCC1(C)COC1. The Bertz CT molecular complexity index is 555. The average molecular weight is 345 g/mol. The number of hydrogen-bond acceptors (Lipinski definition) is 3. The molecule has 2 rings (SSSR count). The van der Waals surface area contributed by atoms with Gasteiger partial charge in [0.1, 0.15) is 5.75 Å². The summed E-state index contributed by atoms with van der Waals surface area (Å²) in [5, 5.41) is 6.40. The smallest absolute Gasteiger partial charge is 0.422 e. The molecule has 2 N–H and O–H groups in total. The number of alkyl halides is 3. The van der Waals surface area contributed by atoms with E-state index in [2.05, 4.69) is 27.3 Å². The van der Waals surface area contributed by atoms with Crippen LogP contribution < -0.4 is 15.4 Å². The molecule has 0 radical (unpaired) electrons. The largest absolute Gasteiger partial charge is 0.484 e. The molecule has 0 aliphatic carbocycles. The maximum absolute atomic E-state index is 12.1. The van der Waals surface area contributed by atoms with Gasteiger partial charge in [-0.2, -0.15) is 13.2 Å². The van der Waals surface area contributed by atoms with E-state index in [-0.39, 0.29) is 11.2 Å². The summed E-state index contributed by atoms with van der Waals surface area (Å²) in [5.74, 6) is 0.858. The zero-order chi connectivity index (χ0) is 17.6. The van der Waals surface area contributed by atoms with Gasteiger partial charge >= 0.3 is 6.18 Å². The van der Waals surface area contributed by atoms with Crippen molar-refractivity contribution >= 4 is 5.96 Å². The summed E-state index contributed by atoms with van der Waals surface area (Å²) >= 11 is 0. The van der Waals surface area contributed by atoms with Crippen molar-refractivity contribution in [1.82, 2.24) is 10.6 Å². The number of halogens is 3. The third-order valence-electron chi connectivity index (χ3n) is 3.59. The molecule has 8 heteroatoms. The van der Waals surface area contributed by atoms with Crippen molar-refractivity contribution in [3.05, 3.63) is 29.8 Å². The second kappa shape index (κ2) is 7.74. The predicted octanol–water partition coefficient (Wildman–Crippen LogP) is 2.33. The molecule has 0 spiro atoms. The van der Waals surface area contributed by atoms with Crippen LogP contribution in [0, 0.1) is 5.41 Å². The van der Waals surface area contributed by atoms with Crippen molar-refractivity contribution in [2.45, 2.75) is 19.6 Å². The van der Waals surface area contributed by atoms with Crippen LogP contribution in [0.25, 0.3) is 0 Å². The van der Waals surface area contributed by atoms with E-state index >= 15 is 0 Å². The van der Waals surface area contributed by atoms with Crippen LogP contribution in [0.15, 0.2) is 29.3 Å². The molecule has 1 fully saturated rings. The molecule has 24 heavy (non-hydrogen) atoms. The van der Waals surface area contributed by atoms with Gasteiger partial charge in [-0.05, 0) is 17.7 Å². The van der Waals surface area contributed by atoms with Gasteiger partial charge in [0.25, 0.3) is 0 Å². The summed E-state index contributed by atoms with van der Waals surface area (Å²) in [6, 6.07) is 6.47. The van der Waals surface area contributed by atoms with Crippen LogP contribution in [0.1, 0.15) is 12.5 Å². The lowest BCUT2D eigenvalue weighted by molar-refractivity contribution is -0.153. The lowest BCUT2D eigenvalue weighted by atomic mass is 9.89. The maximum Gasteiger partial charge on any atom is 0.422 e. The number of aliphatic imine (C=N–C) groups is 1. The first kappa shape index (κ1) is 18.4. The van der Waals surface area contributed by atoms with E-state index < -0.39 is 12.8 Å². The summed E-state index contributed by atoms with van der Waals surface area (Å²) in [6.45, 7) is 3.58. The molecule has 5 nitrogen and oxygen atoms in total. The average Bonchev–Trinajstić information content (AvgIpc) is 2.51. The van der Waals surface area contributed by atoms with Crippen LogP contribution in [-0.2, 0) is 11.3 Å². The van der Waals surface area contributed by atoms with Crippen LogP contribution in [0.4, 0.5) is 13.2 Å². The van der Waals surface area contributed by atoms with E-state index in [0.29, 0.717) is 12.5 Å². The van der Waals surface area contributed by atoms with E-state index in [4.69, 9.17) is 4.74 Å². The Hall–Kier alpha value is -1.96. The van der Waals surface area contributed by atoms with Crippen molar-refractivity contribution in [3.8, 4) is 5.75 Å². The van der Waals surface area contributed by atoms with Gasteiger partial charge in [0, 0.05) is 25.6 Å². The van der Waals surface area contributed by atoms with Gasteiger partial charge in [0.2, 0.25) is 0 Å². The van der Waals surface area contributed by atoms with Gasteiger partial charge in [-0.1, -0.05) is 19.1 Å². The van der Waals surface area contributed by atoms with Gasteiger partial charge in [0.15, 0.2) is 12.6 Å². The van der Waals surface area contributed by atoms with Crippen molar-refractivity contribution in [1.29, 1.82) is 0 Å². The van der Waals surface area contributed by atoms with Crippen LogP contribution >= 0.6 is 0 Å². The molecule has 0 amide bonds. The molecule has 0 bridgehead atoms. The van der Waals surface area contributed by atoms with Crippen LogP contribution in [-0.4, -0.2) is 45.5 Å². The normalized spacial score (nSPS) is 17.1. The molecule has 1 aromatic rings. The molecular formula is C16H22F3N3O2. The first-order valence-corrected chi connectivity index (χ1v) is 7.60. The monoisotopic (exact) mass is 345 g/mol. The van der Waals surface area contributed by atoms with Crippen molar-refractivity contribution in [2.75, 3.05) is 33.4 Å². The van der Waals surface area contributed by atoms with Crippen LogP contribution in [0.2, 0.25) is 0 Å². The lowest BCUT2D eigenvalue weighted by Gasteiger charge is -2.38. The molecule has 1 aliphatic heterocycles. The Labute approximate surface area is 139 Å². The molecule has 0 atom stereocenters. The van der Waals surface area contributed by atoms with Gasteiger partial charge in [-0.3, -0.25) is 4.99 Å². The molecule has 1 aromatic carbocycles. The van der Waals surface area contributed by atoms with E-state index in [1.165, 1.54) is 12.1 Å². The molecule has 1 heterocycles. The summed E-state index contributed by atoms with van der Waals surface area (Å²) in [5.41, 5.74) is 1.05. The molecule has 134 valence electrons. The molecule has 0 unspecified atom stereocenters. The number of rotatable bonds is 6. The quantitative estimate of drug-likeness (QED) is 0.614. The molecular weight excluding hydrogens is 323 g/mol. The first-order chi connectivity index (χ1) is 11.3.